The van der Waals surface area contributed by atoms with Crippen molar-refractivity contribution in [2.45, 2.75) is 64.4 Å². The van der Waals surface area contributed by atoms with Crippen LogP contribution in [0.3, 0.4) is 0 Å². The van der Waals surface area contributed by atoms with Crippen molar-refractivity contribution < 1.29 is 4.74 Å². The van der Waals surface area contributed by atoms with Gasteiger partial charge >= 0.3 is 0 Å². The highest BCUT2D eigenvalue weighted by molar-refractivity contribution is 14.0. The summed E-state index contributed by atoms with van der Waals surface area (Å²) in [5.74, 6) is 0.585. The third-order valence-electron chi connectivity index (χ3n) is 3.34. The summed E-state index contributed by atoms with van der Waals surface area (Å²) in [6.07, 6.45) is 10.1. The molecule has 1 unspecified atom stereocenters. The fourth-order valence-electron chi connectivity index (χ4n) is 2.19. The molecule has 0 aromatic rings. The molecule has 3 N–H and O–H groups in total. The van der Waals surface area contributed by atoms with E-state index in [4.69, 9.17) is 10.5 Å². The first-order chi connectivity index (χ1) is 8.83. The molecular formula is C14H30IN3O. The van der Waals surface area contributed by atoms with Crippen molar-refractivity contribution in [2.75, 3.05) is 19.7 Å². The predicted molar refractivity (Wildman–Crippen MR) is 92.3 cm³/mol. The number of halogens is 1. The minimum absolute atomic E-state index is 0. The van der Waals surface area contributed by atoms with Gasteiger partial charge in [0.25, 0.3) is 0 Å². The van der Waals surface area contributed by atoms with Gasteiger partial charge in [0.1, 0.15) is 0 Å². The van der Waals surface area contributed by atoms with Crippen molar-refractivity contribution in [3.63, 3.8) is 0 Å². The lowest BCUT2D eigenvalue weighted by atomic mass is 10.1. The molecule has 114 valence electrons. The van der Waals surface area contributed by atoms with Gasteiger partial charge in [-0.1, -0.05) is 26.2 Å². The monoisotopic (exact) mass is 383 g/mol. The number of ether oxygens (including phenoxy) is 1. The second kappa shape index (κ2) is 13.0. The molecular weight excluding hydrogens is 353 g/mol. The Hall–Kier alpha value is -0.0400. The maximum Gasteiger partial charge on any atom is 0.188 e. The van der Waals surface area contributed by atoms with E-state index in [1.165, 1.54) is 38.5 Å². The van der Waals surface area contributed by atoms with Crippen LogP contribution in [0.15, 0.2) is 4.99 Å². The summed E-state index contributed by atoms with van der Waals surface area (Å²) in [6, 6.07) is 0. The number of nitrogens with zero attached hydrogens (tertiary/aromatic N) is 1. The Balaban J connectivity index is 0.00000324. The minimum Gasteiger partial charge on any atom is -0.378 e. The molecule has 5 heteroatoms. The SMILES string of the molecule is CCCCCCN=C(N)NCCC1CCCCO1.I. The van der Waals surface area contributed by atoms with E-state index in [-0.39, 0.29) is 24.0 Å². The number of nitrogens with one attached hydrogen (secondary N) is 1. The van der Waals surface area contributed by atoms with Crippen molar-refractivity contribution in [1.82, 2.24) is 5.32 Å². The normalized spacial score (nSPS) is 19.8. The van der Waals surface area contributed by atoms with Crippen molar-refractivity contribution in [3.05, 3.63) is 0 Å². The molecule has 1 rings (SSSR count). The number of aliphatic imine (C=N–C) groups is 1. The van der Waals surface area contributed by atoms with Crippen molar-refractivity contribution in [1.29, 1.82) is 0 Å². The third kappa shape index (κ3) is 10.4. The number of guanidine groups is 1. The van der Waals surface area contributed by atoms with Crippen LogP contribution in [0.1, 0.15) is 58.3 Å². The van der Waals surface area contributed by atoms with Gasteiger partial charge in [-0.2, -0.15) is 0 Å². The first kappa shape index (κ1) is 19.0. The standard InChI is InChI=1S/C14H29N3O.HI/c1-2-3-4-6-10-16-14(15)17-11-9-13-8-5-7-12-18-13;/h13H,2-12H2,1H3,(H3,15,16,17);1H. The number of hydrogen-bond donors (Lipinski definition) is 2. The van der Waals surface area contributed by atoms with Crippen molar-refractivity contribution in [3.8, 4) is 0 Å². The van der Waals surface area contributed by atoms with E-state index in [2.05, 4.69) is 17.2 Å². The first-order valence-corrected chi connectivity index (χ1v) is 7.48. The number of hydrogen-bond acceptors (Lipinski definition) is 2. The largest absolute Gasteiger partial charge is 0.378 e. The molecule has 1 aliphatic rings. The van der Waals surface area contributed by atoms with Crippen LogP contribution in [-0.2, 0) is 4.74 Å². The molecule has 0 aromatic heterocycles. The summed E-state index contributed by atoms with van der Waals surface area (Å²) in [5.41, 5.74) is 5.80. The van der Waals surface area contributed by atoms with E-state index < -0.39 is 0 Å². The van der Waals surface area contributed by atoms with Gasteiger partial charge in [-0.15, -0.1) is 24.0 Å². The van der Waals surface area contributed by atoms with E-state index in [0.29, 0.717) is 12.1 Å². The van der Waals surface area contributed by atoms with Crippen LogP contribution in [0.2, 0.25) is 0 Å². The zero-order chi connectivity index (χ0) is 13.1. The minimum atomic E-state index is 0. The van der Waals surface area contributed by atoms with Gasteiger partial charge in [0.2, 0.25) is 0 Å². The molecule has 1 heterocycles. The lowest BCUT2D eigenvalue weighted by Gasteiger charge is -2.22. The van der Waals surface area contributed by atoms with Crippen LogP contribution < -0.4 is 11.1 Å². The lowest BCUT2D eigenvalue weighted by molar-refractivity contribution is 0.0122. The van der Waals surface area contributed by atoms with E-state index in [1.807, 2.05) is 0 Å². The van der Waals surface area contributed by atoms with Gasteiger partial charge in [-0.25, -0.2) is 0 Å². The van der Waals surface area contributed by atoms with E-state index >= 15 is 0 Å². The van der Waals surface area contributed by atoms with Crippen LogP contribution in [0.5, 0.6) is 0 Å². The third-order valence-corrected chi connectivity index (χ3v) is 3.34. The first-order valence-electron chi connectivity index (χ1n) is 7.48. The smallest absolute Gasteiger partial charge is 0.188 e. The molecule has 1 fully saturated rings. The average Bonchev–Trinajstić information content (AvgIpc) is 2.40. The van der Waals surface area contributed by atoms with Crippen LogP contribution >= 0.6 is 24.0 Å². The molecule has 0 spiro atoms. The maximum atomic E-state index is 5.80. The van der Waals surface area contributed by atoms with E-state index in [0.717, 1.165) is 32.5 Å². The van der Waals surface area contributed by atoms with Crippen molar-refractivity contribution >= 4 is 29.9 Å². The Bertz CT molecular complexity index is 231. The quantitative estimate of drug-likeness (QED) is 0.293. The van der Waals surface area contributed by atoms with Crippen LogP contribution in [0, 0.1) is 0 Å². The molecule has 1 saturated heterocycles. The molecule has 0 bridgehead atoms. The Labute approximate surface area is 135 Å². The molecule has 0 amide bonds. The zero-order valence-electron chi connectivity index (χ0n) is 12.2. The maximum absolute atomic E-state index is 5.80. The second-order valence-corrected chi connectivity index (χ2v) is 5.03. The summed E-state index contributed by atoms with van der Waals surface area (Å²) in [5, 5.41) is 3.17. The van der Waals surface area contributed by atoms with Gasteiger partial charge in [-0.3, -0.25) is 4.99 Å². The number of unbranched alkanes of at least 4 members (excludes halogenated alkanes) is 3. The fraction of sp³-hybridized carbons (Fsp3) is 0.929. The topological polar surface area (TPSA) is 59.6 Å². The number of rotatable bonds is 8. The summed E-state index contributed by atoms with van der Waals surface area (Å²) in [7, 11) is 0. The Kier molecular flexibility index (Phi) is 12.9. The van der Waals surface area contributed by atoms with Gasteiger partial charge in [0, 0.05) is 19.7 Å². The highest BCUT2D eigenvalue weighted by atomic mass is 127. The van der Waals surface area contributed by atoms with Crippen LogP contribution in [-0.4, -0.2) is 31.8 Å². The van der Waals surface area contributed by atoms with Gasteiger partial charge in [0.05, 0.1) is 6.10 Å². The molecule has 1 atom stereocenters. The Morgan fingerprint density at radius 1 is 1.32 bits per heavy atom. The van der Waals surface area contributed by atoms with E-state index in [1.54, 1.807) is 0 Å². The van der Waals surface area contributed by atoms with Gasteiger partial charge < -0.3 is 15.8 Å². The summed E-state index contributed by atoms with van der Waals surface area (Å²) >= 11 is 0. The highest BCUT2D eigenvalue weighted by Crippen LogP contribution is 2.14. The van der Waals surface area contributed by atoms with Gasteiger partial charge in [-0.05, 0) is 32.1 Å². The summed E-state index contributed by atoms with van der Waals surface area (Å²) < 4.78 is 5.66. The fourth-order valence-corrected chi connectivity index (χ4v) is 2.19. The van der Waals surface area contributed by atoms with Crippen molar-refractivity contribution in [2.24, 2.45) is 10.7 Å². The van der Waals surface area contributed by atoms with Crippen LogP contribution in [0.25, 0.3) is 0 Å². The molecule has 0 saturated carbocycles. The molecule has 1 aliphatic heterocycles. The Morgan fingerprint density at radius 2 is 2.16 bits per heavy atom. The molecule has 4 nitrogen and oxygen atoms in total. The highest BCUT2D eigenvalue weighted by Gasteiger charge is 2.12. The summed E-state index contributed by atoms with van der Waals surface area (Å²) in [6.45, 7) is 4.85. The molecule has 0 aliphatic carbocycles. The zero-order valence-corrected chi connectivity index (χ0v) is 14.5. The van der Waals surface area contributed by atoms with Crippen LogP contribution in [0.4, 0.5) is 0 Å². The molecule has 0 aromatic carbocycles. The van der Waals surface area contributed by atoms with Gasteiger partial charge in [0.15, 0.2) is 5.96 Å². The average molecular weight is 383 g/mol. The predicted octanol–water partition coefficient (Wildman–Crippen LogP) is 3.05. The van der Waals surface area contributed by atoms with E-state index in [9.17, 15) is 0 Å². The Morgan fingerprint density at radius 3 is 2.84 bits per heavy atom. The lowest BCUT2D eigenvalue weighted by Crippen LogP contribution is -2.34. The molecule has 0 radical (unpaired) electrons. The molecule has 19 heavy (non-hydrogen) atoms. The number of nitrogens with two attached hydrogens (primary N) is 1. The summed E-state index contributed by atoms with van der Waals surface area (Å²) in [4.78, 5) is 4.32. The second-order valence-electron chi connectivity index (χ2n) is 5.03.